The molecule has 10 heteroatoms. The van der Waals surface area contributed by atoms with Crippen molar-refractivity contribution in [3.05, 3.63) is 76.6 Å². The summed E-state index contributed by atoms with van der Waals surface area (Å²) in [5.41, 5.74) is 1.69. The van der Waals surface area contributed by atoms with Gasteiger partial charge in [-0.05, 0) is 75.3 Å². The standard InChI is InChI=1S/C31H35F3N4O3/c1-20-11-15-23(16-12-20)38(27(39)19-37-26-10-6-5-9-25(26)29(36-37)31(32,33)34)28(21-13-17-24(41-2)18-14-21)30(40)35-22-7-3-4-8-22/h11-18,22,28H,3-10,19H2,1-2H3,(H,35,40)/t28-/m0/s1. The number of amides is 2. The number of hydrogen-bond acceptors (Lipinski definition) is 4. The first-order chi connectivity index (χ1) is 19.7. The van der Waals surface area contributed by atoms with Crippen LogP contribution in [0.25, 0.3) is 0 Å². The Morgan fingerprint density at radius 1 is 1.02 bits per heavy atom. The number of alkyl halides is 3. The number of methoxy groups -OCH3 is 1. The van der Waals surface area contributed by atoms with E-state index in [2.05, 4.69) is 10.4 Å². The van der Waals surface area contributed by atoms with Gasteiger partial charge in [0.15, 0.2) is 5.69 Å². The number of fused-ring (bicyclic) bond motifs is 1. The number of aryl methyl sites for hydroxylation is 1. The summed E-state index contributed by atoms with van der Waals surface area (Å²) < 4.78 is 48.1. The largest absolute Gasteiger partial charge is 0.497 e. The summed E-state index contributed by atoms with van der Waals surface area (Å²) in [6, 6.07) is 13.1. The number of hydrogen-bond donors (Lipinski definition) is 1. The molecule has 0 spiro atoms. The van der Waals surface area contributed by atoms with Gasteiger partial charge in [-0.3, -0.25) is 19.2 Å². The van der Waals surface area contributed by atoms with Gasteiger partial charge < -0.3 is 10.1 Å². The first kappa shape index (κ1) is 28.7. The third-order valence-corrected chi connectivity index (χ3v) is 8.03. The smallest absolute Gasteiger partial charge is 0.435 e. The molecule has 0 unspecified atom stereocenters. The average Bonchev–Trinajstić information content (AvgIpc) is 3.60. The first-order valence-corrected chi connectivity index (χ1v) is 14.1. The summed E-state index contributed by atoms with van der Waals surface area (Å²) in [5.74, 6) is -0.268. The number of halogens is 3. The lowest BCUT2D eigenvalue weighted by molar-refractivity contribution is -0.142. The van der Waals surface area contributed by atoms with Gasteiger partial charge in [0.05, 0.1) is 7.11 Å². The minimum atomic E-state index is -4.61. The predicted octanol–water partition coefficient (Wildman–Crippen LogP) is 5.93. The topological polar surface area (TPSA) is 76.5 Å². The van der Waals surface area contributed by atoms with E-state index in [1.54, 1.807) is 43.5 Å². The van der Waals surface area contributed by atoms with Crippen LogP contribution in [0, 0.1) is 6.92 Å². The zero-order valence-corrected chi connectivity index (χ0v) is 23.3. The Bertz CT molecular complexity index is 1380. The second-order valence-electron chi connectivity index (χ2n) is 10.9. The summed E-state index contributed by atoms with van der Waals surface area (Å²) in [6.45, 7) is 1.49. The summed E-state index contributed by atoms with van der Waals surface area (Å²) in [5, 5.41) is 7.03. The van der Waals surface area contributed by atoms with Crippen LogP contribution in [0.5, 0.6) is 5.75 Å². The summed E-state index contributed by atoms with van der Waals surface area (Å²) in [4.78, 5) is 29.6. The van der Waals surface area contributed by atoms with Gasteiger partial charge in [-0.2, -0.15) is 18.3 Å². The van der Waals surface area contributed by atoms with Crippen LogP contribution in [-0.2, 0) is 35.2 Å². The molecule has 3 aromatic rings. The lowest BCUT2D eigenvalue weighted by Crippen LogP contribution is -2.47. The Morgan fingerprint density at radius 2 is 1.68 bits per heavy atom. The number of rotatable bonds is 8. The molecular formula is C31H35F3N4O3. The van der Waals surface area contributed by atoms with Crippen molar-refractivity contribution in [1.29, 1.82) is 0 Å². The molecule has 218 valence electrons. The fraction of sp³-hybridized carbons (Fsp3) is 0.452. The van der Waals surface area contributed by atoms with Crippen molar-refractivity contribution in [3.8, 4) is 5.75 Å². The Kier molecular flexibility index (Phi) is 8.37. The van der Waals surface area contributed by atoms with E-state index in [0.717, 1.165) is 37.7 Å². The zero-order chi connectivity index (χ0) is 29.1. The molecule has 0 saturated heterocycles. The Hall–Kier alpha value is -3.82. The summed E-state index contributed by atoms with van der Waals surface area (Å²) in [7, 11) is 1.54. The highest BCUT2D eigenvalue weighted by molar-refractivity contribution is 6.01. The third kappa shape index (κ3) is 6.26. The van der Waals surface area contributed by atoms with E-state index in [9.17, 15) is 22.8 Å². The van der Waals surface area contributed by atoms with Crippen LogP contribution in [0.2, 0.25) is 0 Å². The van der Waals surface area contributed by atoms with Crippen molar-refractivity contribution >= 4 is 17.5 Å². The number of nitrogens with zero attached hydrogens (tertiary/aromatic N) is 3. The van der Waals surface area contributed by atoms with Crippen LogP contribution < -0.4 is 15.0 Å². The van der Waals surface area contributed by atoms with Crippen molar-refractivity contribution in [3.63, 3.8) is 0 Å². The fourth-order valence-corrected chi connectivity index (χ4v) is 5.93. The summed E-state index contributed by atoms with van der Waals surface area (Å²) in [6.07, 6.45) is 1.21. The highest BCUT2D eigenvalue weighted by Gasteiger charge is 2.41. The Labute approximate surface area is 237 Å². The number of anilines is 1. The molecule has 7 nitrogen and oxygen atoms in total. The monoisotopic (exact) mass is 568 g/mol. The number of carbonyl (C=O) groups excluding carboxylic acids is 2. The average molecular weight is 569 g/mol. The van der Waals surface area contributed by atoms with E-state index in [1.807, 2.05) is 19.1 Å². The van der Waals surface area contributed by atoms with Crippen LogP contribution in [-0.4, -0.2) is 34.7 Å². The van der Waals surface area contributed by atoms with Gasteiger partial charge >= 0.3 is 6.18 Å². The highest BCUT2D eigenvalue weighted by atomic mass is 19.4. The molecule has 2 aromatic carbocycles. The fourth-order valence-electron chi connectivity index (χ4n) is 5.93. The molecule has 5 rings (SSSR count). The second-order valence-corrected chi connectivity index (χ2v) is 10.9. The van der Waals surface area contributed by atoms with E-state index in [4.69, 9.17) is 4.74 Å². The molecule has 1 heterocycles. The first-order valence-electron chi connectivity index (χ1n) is 14.1. The van der Waals surface area contributed by atoms with Gasteiger partial charge in [0.2, 0.25) is 11.8 Å². The van der Waals surface area contributed by atoms with Crippen molar-refractivity contribution < 1.29 is 27.5 Å². The van der Waals surface area contributed by atoms with Gasteiger partial charge in [-0.15, -0.1) is 0 Å². The van der Waals surface area contributed by atoms with E-state index in [0.29, 0.717) is 35.5 Å². The second kappa shape index (κ2) is 12.0. The number of aromatic nitrogens is 2. The van der Waals surface area contributed by atoms with Crippen LogP contribution in [0.15, 0.2) is 48.5 Å². The minimum absolute atomic E-state index is 0.00527. The van der Waals surface area contributed by atoms with Crippen LogP contribution in [0.1, 0.15) is 72.6 Å². The lowest BCUT2D eigenvalue weighted by Gasteiger charge is -2.32. The molecular weight excluding hydrogens is 533 g/mol. The molecule has 2 aliphatic carbocycles. The van der Waals surface area contributed by atoms with Crippen LogP contribution in [0.4, 0.5) is 18.9 Å². The van der Waals surface area contributed by atoms with E-state index in [1.165, 1.54) is 9.58 Å². The summed E-state index contributed by atoms with van der Waals surface area (Å²) >= 11 is 0. The van der Waals surface area contributed by atoms with Crippen molar-refractivity contribution in [2.45, 2.75) is 83.1 Å². The zero-order valence-electron chi connectivity index (χ0n) is 23.3. The maximum Gasteiger partial charge on any atom is 0.435 e. The Morgan fingerprint density at radius 3 is 2.32 bits per heavy atom. The maximum absolute atomic E-state index is 14.2. The molecule has 1 saturated carbocycles. The molecule has 41 heavy (non-hydrogen) atoms. The SMILES string of the molecule is COc1ccc([C@@H](C(=O)NC2CCCC2)N(C(=O)Cn2nc(C(F)(F)F)c3c2CCCC3)c2ccc(C)cc2)cc1. The van der Waals surface area contributed by atoms with Crippen LogP contribution in [0.3, 0.4) is 0 Å². The molecule has 1 aromatic heterocycles. The quantitative estimate of drug-likeness (QED) is 0.366. The number of carbonyl (C=O) groups is 2. The third-order valence-electron chi connectivity index (χ3n) is 8.03. The van der Waals surface area contributed by atoms with E-state index >= 15 is 0 Å². The van der Waals surface area contributed by atoms with Gasteiger partial charge in [0.1, 0.15) is 18.3 Å². The highest BCUT2D eigenvalue weighted by Crippen LogP contribution is 2.36. The van der Waals surface area contributed by atoms with Gasteiger partial charge in [-0.25, -0.2) is 0 Å². The molecule has 2 aliphatic rings. The molecule has 0 aliphatic heterocycles. The van der Waals surface area contributed by atoms with Crippen molar-refractivity contribution in [1.82, 2.24) is 15.1 Å². The minimum Gasteiger partial charge on any atom is -0.497 e. The van der Waals surface area contributed by atoms with Gasteiger partial charge in [-0.1, -0.05) is 42.7 Å². The molecule has 0 radical (unpaired) electrons. The molecule has 1 N–H and O–H groups in total. The number of ether oxygens (including phenoxy) is 1. The predicted molar refractivity (Wildman–Crippen MR) is 149 cm³/mol. The molecule has 2 amide bonds. The van der Waals surface area contributed by atoms with Crippen molar-refractivity contribution in [2.75, 3.05) is 12.0 Å². The maximum atomic E-state index is 14.2. The Balaban J connectivity index is 1.57. The van der Waals surface area contributed by atoms with E-state index < -0.39 is 30.4 Å². The van der Waals surface area contributed by atoms with E-state index in [-0.39, 0.29) is 23.9 Å². The van der Waals surface area contributed by atoms with Gasteiger partial charge in [0.25, 0.3) is 0 Å². The number of benzene rings is 2. The number of nitrogens with one attached hydrogen (secondary N) is 1. The van der Waals surface area contributed by atoms with Crippen LogP contribution >= 0.6 is 0 Å². The lowest BCUT2D eigenvalue weighted by atomic mass is 9.95. The van der Waals surface area contributed by atoms with Crippen molar-refractivity contribution in [2.24, 2.45) is 0 Å². The molecule has 0 bridgehead atoms. The molecule has 1 atom stereocenters. The normalized spacial score (nSPS) is 16.2. The molecule has 1 fully saturated rings. The van der Waals surface area contributed by atoms with Gasteiger partial charge in [0, 0.05) is 23.0 Å².